The highest BCUT2D eigenvalue weighted by molar-refractivity contribution is 6.12. The average molecular weight is 462 g/mol. The van der Waals surface area contributed by atoms with Gasteiger partial charge in [-0.3, -0.25) is 9.79 Å². The first-order valence-electron chi connectivity index (χ1n) is 11.4. The molecule has 2 aliphatic heterocycles. The van der Waals surface area contributed by atoms with Crippen molar-refractivity contribution in [3.8, 4) is 5.75 Å². The van der Waals surface area contributed by atoms with Gasteiger partial charge in [-0.15, -0.1) is 0 Å². The van der Waals surface area contributed by atoms with E-state index in [2.05, 4.69) is 33.9 Å². The van der Waals surface area contributed by atoms with E-state index in [-0.39, 0.29) is 23.1 Å². The van der Waals surface area contributed by atoms with Gasteiger partial charge in [-0.2, -0.15) is 4.39 Å². The van der Waals surface area contributed by atoms with Crippen LogP contribution in [0, 0.1) is 17.6 Å². The Balaban J connectivity index is 1.46. The Morgan fingerprint density at radius 3 is 2.82 bits per heavy atom. The summed E-state index contributed by atoms with van der Waals surface area (Å²) in [5.41, 5.74) is 5.03. The van der Waals surface area contributed by atoms with Crippen molar-refractivity contribution >= 4 is 22.9 Å². The van der Waals surface area contributed by atoms with Crippen molar-refractivity contribution in [3.05, 3.63) is 88.8 Å². The Morgan fingerprint density at radius 1 is 1.12 bits per heavy atom. The zero-order chi connectivity index (χ0) is 23.7. The molecule has 2 N–H and O–H groups in total. The van der Waals surface area contributed by atoms with Gasteiger partial charge in [0.05, 0.1) is 18.5 Å². The van der Waals surface area contributed by atoms with Gasteiger partial charge >= 0.3 is 0 Å². The van der Waals surface area contributed by atoms with Crippen LogP contribution in [0.4, 0.5) is 14.5 Å². The molecule has 5 nitrogen and oxygen atoms in total. The number of ether oxygens (including phenoxy) is 1. The van der Waals surface area contributed by atoms with Crippen molar-refractivity contribution in [1.29, 1.82) is 0 Å². The Bertz CT molecular complexity index is 1280. The number of benzene rings is 2. The van der Waals surface area contributed by atoms with Crippen LogP contribution < -0.4 is 15.4 Å². The molecule has 0 saturated heterocycles. The van der Waals surface area contributed by atoms with Crippen molar-refractivity contribution in [1.82, 2.24) is 5.32 Å². The van der Waals surface area contributed by atoms with Crippen molar-refractivity contribution in [2.45, 2.75) is 25.7 Å². The number of carbonyl (C=O) groups is 1. The minimum absolute atomic E-state index is 0.0533. The highest BCUT2D eigenvalue weighted by atomic mass is 19.2. The Morgan fingerprint density at radius 2 is 1.97 bits per heavy atom. The van der Waals surface area contributed by atoms with Gasteiger partial charge in [0.1, 0.15) is 0 Å². The zero-order valence-electron chi connectivity index (χ0n) is 18.8. The number of hydrogen-bond donors (Lipinski definition) is 2. The number of carbonyl (C=O) groups excluding carboxylic acids is 1. The van der Waals surface area contributed by atoms with Crippen LogP contribution in [0.1, 0.15) is 40.7 Å². The maximum atomic E-state index is 14.9. The van der Waals surface area contributed by atoms with Gasteiger partial charge in [-0.25, -0.2) is 4.39 Å². The second kappa shape index (κ2) is 9.25. The molecule has 1 unspecified atom stereocenters. The van der Waals surface area contributed by atoms with Gasteiger partial charge in [0.15, 0.2) is 11.6 Å². The molecule has 2 heterocycles. The number of rotatable bonds is 4. The second-order valence-corrected chi connectivity index (χ2v) is 8.50. The van der Waals surface area contributed by atoms with Crippen LogP contribution in [0.15, 0.2) is 65.4 Å². The summed E-state index contributed by atoms with van der Waals surface area (Å²) >= 11 is 0. The SMILES string of the molecule is COc1ccc(C2=CN=C3/C(Nc4ccc5c(c4)CCNC5=O)=C/C/C=C\CCC23)c(F)c1F. The van der Waals surface area contributed by atoms with Crippen LogP contribution in [0.5, 0.6) is 5.75 Å². The van der Waals surface area contributed by atoms with Crippen LogP contribution in [0.3, 0.4) is 0 Å². The molecule has 0 fully saturated rings. The van der Waals surface area contributed by atoms with Gasteiger partial charge in [0.25, 0.3) is 5.91 Å². The van der Waals surface area contributed by atoms with Crippen molar-refractivity contribution in [3.63, 3.8) is 0 Å². The lowest BCUT2D eigenvalue weighted by Crippen LogP contribution is -2.31. The number of allylic oxidation sites excluding steroid dienone is 5. The summed E-state index contributed by atoms with van der Waals surface area (Å²) in [6.07, 6.45) is 10.9. The summed E-state index contributed by atoms with van der Waals surface area (Å²) in [5, 5.41) is 6.33. The van der Waals surface area contributed by atoms with E-state index in [4.69, 9.17) is 4.74 Å². The van der Waals surface area contributed by atoms with E-state index in [9.17, 15) is 13.6 Å². The maximum Gasteiger partial charge on any atom is 0.251 e. The molecule has 7 heteroatoms. The number of halogens is 2. The third-order valence-corrected chi connectivity index (χ3v) is 6.46. The quantitative estimate of drug-likeness (QED) is 0.599. The number of nitrogens with one attached hydrogen (secondary N) is 2. The first-order valence-corrected chi connectivity index (χ1v) is 11.4. The van der Waals surface area contributed by atoms with Crippen LogP contribution in [-0.2, 0) is 6.42 Å². The van der Waals surface area contributed by atoms with E-state index in [1.807, 2.05) is 18.2 Å². The molecule has 34 heavy (non-hydrogen) atoms. The number of nitrogens with zero attached hydrogens (tertiary/aromatic N) is 1. The molecule has 0 bridgehead atoms. The minimum atomic E-state index is -0.996. The molecule has 174 valence electrons. The van der Waals surface area contributed by atoms with Gasteiger partial charge in [-0.1, -0.05) is 18.2 Å². The molecule has 3 aliphatic rings. The standard InChI is InChI=1S/C27H25F2N3O2/c1-34-23-11-10-19(24(28)25(23)29)21-15-31-26-20(21)6-4-2-3-5-7-22(26)32-17-8-9-18-16(14-17)12-13-30-27(18)33/h2-3,7-11,14-15,20,32H,4-6,12-13H2,1H3,(H,30,33)/b3-2-,22-7-. The monoisotopic (exact) mass is 461 g/mol. The number of anilines is 1. The Labute approximate surface area is 196 Å². The fourth-order valence-electron chi connectivity index (χ4n) is 4.73. The van der Waals surface area contributed by atoms with E-state index in [1.54, 1.807) is 12.3 Å². The molecular weight excluding hydrogens is 436 g/mol. The Hall–Kier alpha value is -3.74. The predicted molar refractivity (Wildman–Crippen MR) is 129 cm³/mol. The number of aliphatic imine (C=N–C) groups is 1. The first-order chi connectivity index (χ1) is 16.6. The van der Waals surface area contributed by atoms with E-state index in [0.717, 1.165) is 48.3 Å². The molecule has 2 aromatic rings. The highest BCUT2D eigenvalue weighted by Gasteiger charge is 2.31. The van der Waals surface area contributed by atoms with E-state index >= 15 is 0 Å². The summed E-state index contributed by atoms with van der Waals surface area (Å²) in [4.78, 5) is 16.7. The topological polar surface area (TPSA) is 62.7 Å². The maximum absolute atomic E-state index is 14.9. The molecule has 0 radical (unpaired) electrons. The third kappa shape index (κ3) is 4.02. The summed E-state index contributed by atoms with van der Waals surface area (Å²) in [6, 6.07) is 8.70. The first kappa shape index (κ1) is 22.1. The lowest BCUT2D eigenvalue weighted by Gasteiger charge is -2.22. The summed E-state index contributed by atoms with van der Waals surface area (Å²) in [6.45, 7) is 0.620. The van der Waals surface area contributed by atoms with Crippen molar-refractivity contribution in [2.75, 3.05) is 19.0 Å². The van der Waals surface area contributed by atoms with E-state index in [0.29, 0.717) is 17.7 Å². The summed E-state index contributed by atoms with van der Waals surface area (Å²) < 4.78 is 34.3. The third-order valence-electron chi connectivity index (χ3n) is 6.46. The van der Waals surface area contributed by atoms with E-state index < -0.39 is 11.6 Å². The normalized spacial score (nSPS) is 21.9. The molecule has 0 saturated carbocycles. The van der Waals surface area contributed by atoms with Gasteiger partial charge in [-0.05, 0) is 67.2 Å². The van der Waals surface area contributed by atoms with Crippen LogP contribution in [0.25, 0.3) is 5.57 Å². The smallest absolute Gasteiger partial charge is 0.251 e. The van der Waals surface area contributed by atoms with Crippen LogP contribution in [0.2, 0.25) is 0 Å². The number of methoxy groups -OCH3 is 1. The lowest BCUT2D eigenvalue weighted by molar-refractivity contribution is 0.0946. The number of fused-ring (bicyclic) bond motifs is 2. The average Bonchev–Trinajstić information content (AvgIpc) is 3.28. The lowest BCUT2D eigenvalue weighted by atomic mass is 9.86. The second-order valence-electron chi connectivity index (χ2n) is 8.50. The molecule has 0 spiro atoms. The number of hydrogen-bond acceptors (Lipinski definition) is 4. The molecule has 2 aromatic carbocycles. The summed E-state index contributed by atoms with van der Waals surface area (Å²) in [7, 11) is 1.31. The zero-order valence-corrected chi connectivity index (χ0v) is 18.8. The van der Waals surface area contributed by atoms with Crippen molar-refractivity contribution < 1.29 is 18.3 Å². The van der Waals surface area contributed by atoms with Gasteiger partial charge in [0, 0.05) is 35.5 Å². The Kier molecular flexibility index (Phi) is 6.01. The fraction of sp³-hybridized carbons (Fsp3) is 0.259. The molecule has 1 aliphatic carbocycles. The minimum Gasteiger partial charge on any atom is -0.494 e. The molecule has 0 aromatic heterocycles. The molecular formula is C27H25F2N3O2. The van der Waals surface area contributed by atoms with Gasteiger partial charge < -0.3 is 15.4 Å². The van der Waals surface area contributed by atoms with Gasteiger partial charge in [0.2, 0.25) is 5.82 Å². The predicted octanol–water partition coefficient (Wildman–Crippen LogP) is 5.41. The molecule has 5 rings (SSSR count). The largest absolute Gasteiger partial charge is 0.494 e. The van der Waals surface area contributed by atoms with Crippen LogP contribution in [-0.4, -0.2) is 25.3 Å². The van der Waals surface area contributed by atoms with E-state index in [1.165, 1.54) is 13.2 Å². The number of amides is 1. The fourth-order valence-corrected chi connectivity index (χ4v) is 4.73. The summed E-state index contributed by atoms with van der Waals surface area (Å²) in [5.74, 6) is -2.29. The van der Waals surface area contributed by atoms with Crippen LogP contribution >= 0.6 is 0 Å². The highest BCUT2D eigenvalue weighted by Crippen LogP contribution is 2.39. The molecule has 1 atom stereocenters. The van der Waals surface area contributed by atoms with Crippen molar-refractivity contribution in [2.24, 2.45) is 10.9 Å². The molecule has 1 amide bonds.